The molecule has 36 heavy (non-hydrogen) atoms. The minimum absolute atomic E-state index is 0.0762. The highest BCUT2D eigenvalue weighted by Gasteiger charge is 2.36. The van der Waals surface area contributed by atoms with Crippen molar-refractivity contribution < 1.29 is 18.0 Å². The summed E-state index contributed by atoms with van der Waals surface area (Å²) in [5.74, 6) is -0.565. The zero-order chi connectivity index (χ0) is 25.9. The molecule has 0 aromatic carbocycles. The lowest BCUT2D eigenvalue weighted by atomic mass is 10.2. The van der Waals surface area contributed by atoms with Crippen molar-refractivity contribution in [2.75, 3.05) is 26.0 Å². The lowest BCUT2D eigenvalue weighted by Gasteiger charge is -2.12. The van der Waals surface area contributed by atoms with Gasteiger partial charge in [0, 0.05) is 43.3 Å². The third-order valence-corrected chi connectivity index (χ3v) is 5.21. The van der Waals surface area contributed by atoms with Gasteiger partial charge in [-0.15, -0.1) is 0 Å². The first kappa shape index (κ1) is 24.8. The number of pyridine rings is 3. The molecule has 4 aromatic rings. The molecule has 0 aliphatic rings. The van der Waals surface area contributed by atoms with Crippen LogP contribution in [0.3, 0.4) is 0 Å². The summed E-state index contributed by atoms with van der Waals surface area (Å²) in [7, 11) is 3.75. The van der Waals surface area contributed by atoms with Crippen molar-refractivity contribution in [3.63, 3.8) is 0 Å². The smallest absolute Gasteiger partial charge is 0.321 e. The molecule has 0 atom stereocenters. The first-order valence-electron chi connectivity index (χ1n) is 10.8. The van der Waals surface area contributed by atoms with Gasteiger partial charge in [-0.1, -0.05) is 0 Å². The quantitative estimate of drug-likeness (QED) is 0.421. The van der Waals surface area contributed by atoms with Crippen LogP contribution in [0.2, 0.25) is 0 Å². The van der Waals surface area contributed by atoms with Crippen LogP contribution in [0.15, 0.2) is 72.0 Å². The Morgan fingerprint density at radius 3 is 2.56 bits per heavy atom. The molecule has 0 fully saturated rings. The average Bonchev–Trinajstić information content (AvgIpc) is 3.31. The summed E-state index contributed by atoms with van der Waals surface area (Å²) in [6, 6.07) is 9.60. The molecule has 186 valence electrons. The van der Waals surface area contributed by atoms with Crippen LogP contribution in [0.5, 0.6) is 0 Å². The Labute approximate surface area is 203 Å². The number of halogens is 3. The van der Waals surface area contributed by atoms with Gasteiger partial charge in [-0.05, 0) is 50.5 Å². The highest BCUT2D eigenvalue weighted by molar-refractivity contribution is 6.03. The number of alkyl halides is 3. The van der Waals surface area contributed by atoms with Gasteiger partial charge in [0.15, 0.2) is 11.5 Å². The van der Waals surface area contributed by atoms with Gasteiger partial charge in [0.1, 0.15) is 0 Å². The number of likely N-dealkylation sites (N-methyl/N-ethyl adjacent to an activating group) is 1. The summed E-state index contributed by atoms with van der Waals surface area (Å²) in [6.07, 6.45) is 0.960. The molecule has 0 saturated heterocycles. The van der Waals surface area contributed by atoms with Crippen molar-refractivity contribution >= 4 is 11.6 Å². The van der Waals surface area contributed by atoms with Crippen LogP contribution in [0, 0.1) is 0 Å². The molecule has 0 aliphatic carbocycles. The van der Waals surface area contributed by atoms with Gasteiger partial charge < -0.3 is 14.8 Å². The number of anilines is 1. The Hall–Kier alpha value is -4.32. The highest BCUT2D eigenvalue weighted by atomic mass is 19.4. The van der Waals surface area contributed by atoms with Gasteiger partial charge in [0.2, 0.25) is 0 Å². The molecule has 0 unspecified atom stereocenters. The molecular formula is C24H22F3N7O2. The van der Waals surface area contributed by atoms with Gasteiger partial charge in [-0.3, -0.25) is 14.6 Å². The number of carbonyl (C=O) groups excluding carboxylic acids is 1. The van der Waals surface area contributed by atoms with Crippen molar-refractivity contribution in [1.82, 2.24) is 29.2 Å². The molecule has 0 radical (unpaired) electrons. The zero-order valence-corrected chi connectivity index (χ0v) is 19.4. The standard InChI is InChI=1S/C24H22F3N7O2/c1-32(2)10-11-33-15-17(5-8-22(33)35)23(36)30-18-6-7-21(29-14-18)34-20(24(25,26)27)12-19(31-34)16-4-3-9-28-13-16/h3-9,12-15H,10-11H2,1-2H3,(H,30,36). The maximum atomic E-state index is 13.7. The number of hydrogen-bond acceptors (Lipinski definition) is 6. The second-order valence-corrected chi connectivity index (χ2v) is 8.18. The molecule has 1 N–H and O–H groups in total. The molecule has 0 spiro atoms. The van der Waals surface area contributed by atoms with E-state index in [2.05, 4.69) is 20.4 Å². The number of nitrogens with one attached hydrogen (secondary N) is 1. The SMILES string of the molecule is CN(C)CCn1cc(C(=O)Nc2ccc(-n3nc(-c4cccnc4)cc3C(F)(F)F)nc2)ccc1=O. The monoisotopic (exact) mass is 497 g/mol. The topological polar surface area (TPSA) is 97.9 Å². The number of nitrogens with zero attached hydrogens (tertiary/aromatic N) is 6. The van der Waals surface area contributed by atoms with Crippen LogP contribution in [0.4, 0.5) is 18.9 Å². The van der Waals surface area contributed by atoms with Gasteiger partial charge in [-0.2, -0.15) is 18.3 Å². The summed E-state index contributed by atoms with van der Waals surface area (Å²) in [5.41, 5.74) is -0.181. The molecule has 4 rings (SSSR count). The molecule has 1 amide bonds. The number of aromatic nitrogens is 5. The highest BCUT2D eigenvalue weighted by Crippen LogP contribution is 2.33. The van der Waals surface area contributed by atoms with Crippen molar-refractivity contribution in [3.05, 3.63) is 88.9 Å². The zero-order valence-electron chi connectivity index (χ0n) is 19.4. The molecule has 4 aromatic heterocycles. The second-order valence-electron chi connectivity index (χ2n) is 8.18. The van der Waals surface area contributed by atoms with Crippen molar-refractivity contribution in [3.8, 4) is 17.1 Å². The Bertz CT molecular complexity index is 1410. The Kier molecular flexibility index (Phi) is 6.97. The summed E-state index contributed by atoms with van der Waals surface area (Å²) in [4.78, 5) is 34.6. The van der Waals surface area contributed by atoms with Gasteiger partial charge >= 0.3 is 6.18 Å². The minimum Gasteiger partial charge on any atom is -0.321 e. The predicted octanol–water partition coefficient (Wildman–Crippen LogP) is 3.32. The van der Waals surface area contributed by atoms with Crippen LogP contribution < -0.4 is 10.9 Å². The fourth-order valence-corrected chi connectivity index (χ4v) is 3.35. The first-order valence-corrected chi connectivity index (χ1v) is 10.8. The van der Waals surface area contributed by atoms with E-state index in [1.54, 1.807) is 12.1 Å². The molecule has 0 aliphatic heterocycles. The summed E-state index contributed by atoms with van der Waals surface area (Å²) < 4.78 is 43.2. The average molecular weight is 497 g/mol. The van der Waals surface area contributed by atoms with E-state index >= 15 is 0 Å². The number of rotatable bonds is 7. The second kappa shape index (κ2) is 10.1. The third-order valence-electron chi connectivity index (χ3n) is 5.21. The Morgan fingerprint density at radius 2 is 1.92 bits per heavy atom. The van der Waals surface area contributed by atoms with Crippen LogP contribution in [0.1, 0.15) is 16.1 Å². The summed E-state index contributed by atoms with van der Waals surface area (Å²) >= 11 is 0. The van der Waals surface area contributed by atoms with E-state index in [1.807, 2.05) is 19.0 Å². The molecule has 9 nitrogen and oxygen atoms in total. The van der Waals surface area contributed by atoms with Crippen LogP contribution in [0.25, 0.3) is 17.1 Å². The minimum atomic E-state index is -4.67. The maximum Gasteiger partial charge on any atom is 0.433 e. The molecule has 0 bridgehead atoms. The van der Waals surface area contributed by atoms with E-state index in [0.717, 1.165) is 6.07 Å². The maximum absolute atomic E-state index is 13.7. The molecule has 4 heterocycles. The van der Waals surface area contributed by atoms with Crippen molar-refractivity contribution in [2.24, 2.45) is 0 Å². The Morgan fingerprint density at radius 1 is 1.11 bits per heavy atom. The molecular weight excluding hydrogens is 475 g/mol. The third kappa shape index (κ3) is 5.66. The van der Waals surface area contributed by atoms with E-state index in [9.17, 15) is 22.8 Å². The largest absolute Gasteiger partial charge is 0.433 e. The first-order chi connectivity index (χ1) is 17.1. The van der Waals surface area contributed by atoms with Crippen LogP contribution in [-0.4, -0.2) is 55.8 Å². The van der Waals surface area contributed by atoms with E-state index in [0.29, 0.717) is 23.3 Å². The fourth-order valence-electron chi connectivity index (χ4n) is 3.35. The van der Waals surface area contributed by atoms with Gasteiger partial charge in [0.25, 0.3) is 11.5 Å². The fraction of sp³-hybridized carbons (Fsp3) is 0.208. The van der Waals surface area contributed by atoms with Crippen LogP contribution >= 0.6 is 0 Å². The molecule has 0 saturated carbocycles. The lowest BCUT2D eigenvalue weighted by molar-refractivity contribution is -0.142. The number of amides is 1. The van der Waals surface area contributed by atoms with E-state index in [4.69, 9.17) is 0 Å². The summed E-state index contributed by atoms with van der Waals surface area (Å²) in [6.45, 7) is 1.03. The number of carbonyl (C=O) groups is 1. The van der Waals surface area contributed by atoms with E-state index in [1.165, 1.54) is 53.6 Å². The Balaban J connectivity index is 1.56. The van der Waals surface area contributed by atoms with Gasteiger partial charge in [0.05, 0.1) is 23.1 Å². The van der Waals surface area contributed by atoms with E-state index in [-0.39, 0.29) is 28.3 Å². The van der Waals surface area contributed by atoms with Crippen molar-refractivity contribution in [1.29, 1.82) is 0 Å². The van der Waals surface area contributed by atoms with E-state index < -0.39 is 17.8 Å². The number of hydrogen-bond donors (Lipinski definition) is 1. The predicted molar refractivity (Wildman–Crippen MR) is 127 cm³/mol. The van der Waals surface area contributed by atoms with Gasteiger partial charge in [-0.25, -0.2) is 9.67 Å². The van der Waals surface area contributed by atoms with Crippen molar-refractivity contribution in [2.45, 2.75) is 12.7 Å². The normalized spacial score (nSPS) is 11.6. The van der Waals surface area contributed by atoms with Crippen LogP contribution in [-0.2, 0) is 12.7 Å². The summed E-state index contributed by atoms with van der Waals surface area (Å²) in [5, 5.41) is 6.71. The molecule has 12 heteroatoms. The lowest BCUT2D eigenvalue weighted by Crippen LogP contribution is -2.27.